The van der Waals surface area contributed by atoms with Gasteiger partial charge < -0.3 is 9.84 Å². The van der Waals surface area contributed by atoms with Crippen LogP contribution in [0.2, 0.25) is 5.15 Å². The maximum Gasteiger partial charge on any atom is 0.342 e. The molecule has 0 aliphatic heterocycles. The number of hydrogen-bond donors (Lipinski definition) is 1. The lowest BCUT2D eigenvalue weighted by Gasteiger charge is -2.04. The summed E-state index contributed by atoms with van der Waals surface area (Å²) in [5.74, 6) is -0.0686. The number of phenolic OH excluding ortho intramolecular Hbond substituents is 1. The van der Waals surface area contributed by atoms with Gasteiger partial charge in [-0.2, -0.15) is 0 Å². The molecule has 0 fully saturated rings. The molecule has 0 spiro atoms. The lowest BCUT2D eigenvalue weighted by atomic mass is 10.2. The minimum Gasteiger partial charge on any atom is -0.508 e. The minimum atomic E-state index is -0.586. The van der Waals surface area contributed by atoms with Crippen LogP contribution in [0.3, 0.4) is 0 Å². The van der Waals surface area contributed by atoms with E-state index in [4.69, 9.17) is 11.6 Å². The number of carbonyl (C=O) groups excluding carboxylic acids is 1. The number of esters is 1. The van der Waals surface area contributed by atoms with Crippen LogP contribution in [0.25, 0.3) is 11.4 Å². The van der Waals surface area contributed by atoms with E-state index < -0.39 is 5.97 Å². The summed E-state index contributed by atoms with van der Waals surface area (Å²) in [6.07, 6.45) is 1.31. The van der Waals surface area contributed by atoms with Gasteiger partial charge in [0.05, 0.1) is 7.11 Å². The molecule has 1 heterocycles. The SMILES string of the molecule is COC(=O)c1cnc(-c2ccc(O)cc2)nc1Cl. The Morgan fingerprint density at radius 3 is 2.56 bits per heavy atom. The van der Waals surface area contributed by atoms with Gasteiger partial charge in [0.1, 0.15) is 16.5 Å². The van der Waals surface area contributed by atoms with Crippen LogP contribution in [0.4, 0.5) is 0 Å². The second-order valence-electron chi connectivity index (χ2n) is 3.44. The van der Waals surface area contributed by atoms with Crippen LogP contribution >= 0.6 is 11.6 Å². The van der Waals surface area contributed by atoms with Gasteiger partial charge in [-0.3, -0.25) is 0 Å². The zero-order valence-corrected chi connectivity index (χ0v) is 10.2. The van der Waals surface area contributed by atoms with E-state index in [0.717, 1.165) is 0 Å². The van der Waals surface area contributed by atoms with E-state index >= 15 is 0 Å². The van der Waals surface area contributed by atoms with Crippen molar-refractivity contribution in [1.82, 2.24) is 9.97 Å². The van der Waals surface area contributed by atoms with Crippen molar-refractivity contribution in [3.8, 4) is 17.1 Å². The first-order chi connectivity index (χ1) is 8.61. The highest BCUT2D eigenvalue weighted by Crippen LogP contribution is 2.21. The second kappa shape index (κ2) is 5.01. The molecular weight excluding hydrogens is 256 g/mol. The fraction of sp³-hybridized carbons (Fsp3) is 0.0833. The van der Waals surface area contributed by atoms with Gasteiger partial charge in [0, 0.05) is 11.8 Å². The van der Waals surface area contributed by atoms with Gasteiger partial charge in [-0.15, -0.1) is 0 Å². The number of halogens is 1. The van der Waals surface area contributed by atoms with E-state index in [0.29, 0.717) is 11.4 Å². The van der Waals surface area contributed by atoms with E-state index in [1.807, 2.05) is 0 Å². The third-order valence-corrected chi connectivity index (χ3v) is 2.56. The van der Waals surface area contributed by atoms with E-state index in [1.54, 1.807) is 12.1 Å². The van der Waals surface area contributed by atoms with Gasteiger partial charge in [-0.25, -0.2) is 14.8 Å². The molecule has 0 saturated carbocycles. The number of rotatable bonds is 2. The Bertz CT molecular complexity index is 584. The Balaban J connectivity index is 2.40. The summed E-state index contributed by atoms with van der Waals surface area (Å²) in [7, 11) is 1.26. The average Bonchev–Trinajstić information content (AvgIpc) is 2.38. The maximum absolute atomic E-state index is 11.3. The number of benzene rings is 1. The molecule has 0 aliphatic carbocycles. The molecule has 0 bridgehead atoms. The van der Waals surface area contributed by atoms with Gasteiger partial charge in [-0.1, -0.05) is 11.6 Å². The summed E-state index contributed by atoms with van der Waals surface area (Å²) in [6.45, 7) is 0. The molecule has 0 radical (unpaired) electrons. The van der Waals surface area contributed by atoms with Crippen LogP contribution in [0, 0.1) is 0 Å². The number of aromatic nitrogens is 2. The maximum atomic E-state index is 11.3. The van der Waals surface area contributed by atoms with Crippen molar-refractivity contribution in [2.24, 2.45) is 0 Å². The Morgan fingerprint density at radius 2 is 2.00 bits per heavy atom. The van der Waals surface area contributed by atoms with E-state index in [9.17, 15) is 9.90 Å². The number of hydrogen-bond acceptors (Lipinski definition) is 5. The Kier molecular flexibility index (Phi) is 3.43. The van der Waals surface area contributed by atoms with Crippen LogP contribution in [0.5, 0.6) is 5.75 Å². The molecule has 0 amide bonds. The molecule has 6 heteroatoms. The van der Waals surface area contributed by atoms with Crippen molar-refractivity contribution in [3.05, 3.63) is 41.2 Å². The smallest absolute Gasteiger partial charge is 0.342 e. The molecule has 5 nitrogen and oxygen atoms in total. The van der Waals surface area contributed by atoms with Crippen LogP contribution in [-0.4, -0.2) is 28.2 Å². The number of aromatic hydroxyl groups is 1. The quantitative estimate of drug-likeness (QED) is 0.665. The van der Waals surface area contributed by atoms with Gasteiger partial charge in [-0.05, 0) is 24.3 Å². The minimum absolute atomic E-state index is 0.0277. The summed E-state index contributed by atoms with van der Waals surface area (Å²) in [4.78, 5) is 19.4. The standard InChI is InChI=1S/C12H9ClN2O3/c1-18-12(17)9-6-14-11(15-10(9)13)7-2-4-8(16)5-3-7/h2-6,16H,1H3. The number of phenols is 1. The fourth-order valence-corrected chi connectivity index (χ4v) is 1.56. The van der Waals surface area contributed by atoms with Crippen LogP contribution in [0.1, 0.15) is 10.4 Å². The third kappa shape index (κ3) is 2.41. The molecule has 18 heavy (non-hydrogen) atoms. The predicted molar refractivity (Wildman–Crippen MR) is 65.5 cm³/mol. The highest BCUT2D eigenvalue weighted by atomic mass is 35.5. The second-order valence-corrected chi connectivity index (χ2v) is 3.79. The Labute approximate surface area is 108 Å². The first-order valence-corrected chi connectivity index (χ1v) is 5.40. The van der Waals surface area contributed by atoms with E-state index in [-0.39, 0.29) is 16.5 Å². The summed E-state index contributed by atoms with van der Waals surface area (Å²) in [5.41, 5.74) is 0.799. The number of ether oxygens (including phenoxy) is 1. The molecule has 92 valence electrons. The largest absolute Gasteiger partial charge is 0.508 e. The molecule has 1 aromatic heterocycles. The molecule has 0 unspecified atom stereocenters. The predicted octanol–water partition coefficient (Wildman–Crippen LogP) is 2.29. The average molecular weight is 265 g/mol. The number of methoxy groups -OCH3 is 1. The van der Waals surface area contributed by atoms with Gasteiger partial charge in [0.2, 0.25) is 0 Å². The molecule has 2 aromatic rings. The highest BCUT2D eigenvalue weighted by molar-refractivity contribution is 6.32. The number of nitrogens with zero attached hydrogens (tertiary/aromatic N) is 2. The Morgan fingerprint density at radius 1 is 1.33 bits per heavy atom. The summed E-state index contributed by atoms with van der Waals surface area (Å²) < 4.78 is 4.54. The van der Waals surface area contributed by atoms with Gasteiger partial charge in [0.15, 0.2) is 5.82 Å². The molecule has 0 aliphatic rings. The highest BCUT2D eigenvalue weighted by Gasteiger charge is 2.14. The monoisotopic (exact) mass is 264 g/mol. The molecule has 2 rings (SSSR count). The summed E-state index contributed by atoms with van der Waals surface area (Å²) in [5, 5.41) is 9.21. The molecule has 0 atom stereocenters. The van der Waals surface area contributed by atoms with Crippen LogP contribution < -0.4 is 0 Å². The lowest BCUT2D eigenvalue weighted by molar-refractivity contribution is 0.0600. The fourth-order valence-electron chi connectivity index (χ4n) is 1.36. The van der Waals surface area contributed by atoms with Crippen molar-refractivity contribution in [2.45, 2.75) is 0 Å². The first-order valence-electron chi connectivity index (χ1n) is 5.02. The Hall–Kier alpha value is -2.14. The van der Waals surface area contributed by atoms with Crippen molar-refractivity contribution >= 4 is 17.6 Å². The zero-order valence-electron chi connectivity index (χ0n) is 9.42. The van der Waals surface area contributed by atoms with E-state index in [2.05, 4.69) is 14.7 Å². The third-order valence-electron chi connectivity index (χ3n) is 2.27. The van der Waals surface area contributed by atoms with Crippen LogP contribution in [-0.2, 0) is 4.74 Å². The summed E-state index contributed by atoms with van der Waals surface area (Å²) >= 11 is 5.88. The van der Waals surface area contributed by atoms with Gasteiger partial charge in [0.25, 0.3) is 0 Å². The lowest BCUT2D eigenvalue weighted by Crippen LogP contribution is -2.05. The molecule has 0 saturated heterocycles. The molecule has 1 aromatic carbocycles. The normalized spacial score (nSPS) is 10.1. The summed E-state index contributed by atoms with van der Waals surface area (Å²) in [6, 6.07) is 6.33. The van der Waals surface area contributed by atoms with Crippen molar-refractivity contribution in [3.63, 3.8) is 0 Å². The van der Waals surface area contributed by atoms with Gasteiger partial charge >= 0.3 is 5.97 Å². The zero-order chi connectivity index (χ0) is 13.1. The van der Waals surface area contributed by atoms with Crippen molar-refractivity contribution in [2.75, 3.05) is 7.11 Å². The molecular formula is C12H9ClN2O3. The van der Waals surface area contributed by atoms with Crippen molar-refractivity contribution < 1.29 is 14.6 Å². The first kappa shape index (κ1) is 12.3. The molecule has 1 N–H and O–H groups in total. The van der Waals surface area contributed by atoms with E-state index in [1.165, 1.54) is 25.4 Å². The van der Waals surface area contributed by atoms with Crippen molar-refractivity contribution in [1.29, 1.82) is 0 Å². The van der Waals surface area contributed by atoms with Crippen LogP contribution in [0.15, 0.2) is 30.5 Å². The topological polar surface area (TPSA) is 72.3 Å². The number of carbonyl (C=O) groups is 1.